The van der Waals surface area contributed by atoms with E-state index in [0.717, 1.165) is 4.90 Å². The standard InChI is InChI=1S/C16H15ClN2O3S/c1-22-14-8-11(7-13(17)16(14)21)9-18-19-15(20)10-23-12-5-3-2-4-6-12/h2-9,21H,10H2,1H3,(H,19,20)/b18-9+. The number of amides is 1. The number of phenols is 1. The highest BCUT2D eigenvalue weighted by Crippen LogP contribution is 2.34. The summed E-state index contributed by atoms with van der Waals surface area (Å²) < 4.78 is 4.99. The second-order valence-electron chi connectivity index (χ2n) is 4.45. The molecule has 0 fully saturated rings. The number of carbonyl (C=O) groups is 1. The molecular weight excluding hydrogens is 336 g/mol. The molecule has 0 spiro atoms. The Bertz CT molecular complexity index is 708. The number of hydrazone groups is 1. The molecule has 1 amide bonds. The normalized spacial score (nSPS) is 10.7. The van der Waals surface area contributed by atoms with Gasteiger partial charge in [0.2, 0.25) is 5.91 Å². The summed E-state index contributed by atoms with van der Waals surface area (Å²) in [6.45, 7) is 0. The predicted octanol–water partition coefficient (Wildman–Crippen LogP) is 3.30. The molecule has 0 aliphatic heterocycles. The molecule has 0 aromatic heterocycles. The Labute approximate surface area is 143 Å². The minimum absolute atomic E-state index is 0.130. The maximum Gasteiger partial charge on any atom is 0.250 e. The van der Waals surface area contributed by atoms with Gasteiger partial charge in [-0.15, -0.1) is 11.8 Å². The lowest BCUT2D eigenvalue weighted by Gasteiger charge is -2.06. The molecule has 0 atom stereocenters. The van der Waals surface area contributed by atoms with Crippen molar-refractivity contribution in [2.45, 2.75) is 4.90 Å². The molecular formula is C16H15ClN2O3S. The number of ether oxygens (including phenoxy) is 1. The molecule has 2 aromatic carbocycles. The number of thioether (sulfide) groups is 1. The number of hydrogen-bond donors (Lipinski definition) is 2. The number of hydrogen-bond acceptors (Lipinski definition) is 5. The van der Waals surface area contributed by atoms with Gasteiger partial charge in [-0.2, -0.15) is 5.10 Å². The zero-order chi connectivity index (χ0) is 16.7. The van der Waals surface area contributed by atoms with Crippen LogP contribution in [0.2, 0.25) is 5.02 Å². The molecule has 0 bridgehead atoms. The SMILES string of the molecule is COc1cc(/C=N/NC(=O)CSc2ccccc2)cc(Cl)c1O. The molecule has 2 aromatic rings. The van der Waals surface area contributed by atoms with E-state index >= 15 is 0 Å². The zero-order valence-corrected chi connectivity index (χ0v) is 13.9. The van der Waals surface area contributed by atoms with Crippen LogP contribution in [0.1, 0.15) is 5.56 Å². The minimum Gasteiger partial charge on any atom is -0.503 e. The van der Waals surface area contributed by atoms with Gasteiger partial charge in [-0.25, -0.2) is 5.43 Å². The molecule has 120 valence electrons. The maximum absolute atomic E-state index is 11.7. The number of phenolic OH excluding ortho intramolecular Hbond substituents is 1. The quantitative estimate of drug-likeness (QED) is 0.476. The van der Waals surface area contributed by atoms with E-state index in [9.17, 15) is 9.90 Å². The minimum atomic E-state index is -0.216. The van der Waals surface area contributed by atoms with Crippen molar-refractivity contribution in [3.63, 3.8) is 0 Å². The van der Waals surface area contributed by atoms with Crippen molar-refractivity contribution in [1.29, 1.82) is 0 Å². The molecule has 5 nitrogen and oxygen atoms in total. The highest BCUT2D eigenvalue weighted by atomic mass is 35.5. The van der Waals surface area contributed by atoms with Crippen LogP contribution in [0.3, 0.4) is 0 Å². The van der Waals surface area contributed by atoms with Gasteiger partial charge in [0, 0.05) is 4.90 Å². The van der Waals surface area contributed by atoms with E-state index in [1.165, 1.54) is 31.2 Å². The third-order valence-electron chi connectivity index (χ3n) is 2.79. The van der Waals surface area contributed by atoms with Gasteiger partial charge in [0.05, 0.1) is 24.1 Å². The van der Waals surface area contributed by atoms with E-state index < -0.39 is 0 Å². The fourth-order valence-corrected chi connectivity index (χ4v) is 2.63. The summed E-state index contributed by atoms with van der Waals surface area (Å²) in [5, 5.41) is 13.7. The van der Waals surface area contributed by atoms with Crippen LogP contribution in [0.5, 0.6) is 11.5 Å². The van der Waals surface area contributed by atoms with Gasteiger partial charge < -0.3 is 9.84 Å². The Morgan fingerprint density at radius 2 is 2.13 bits per heavy atom. The van der Waals surface area contributed by atoms with Crippen LogP contribution >= 0.6 is 23.4 Å². The number of methoxy groups -OCH3 is 1. The van der Waals surface area contributed by atoms with Gasteiger partial charge in [-0.3, -0.25) is 4.79 Å². The molecule has 0 saturated heterocycles. The van der Waals surface area contributed by atoms with Gasteiger partial charge in [-0.05, 0) is 29.8 Å². The average Bonchev–Trinajstić information content (AvgIpc) is 2.57. The second-order valence-corrected chi connectivity index (χ2v) is 5.90. The monoisotopic (exact) mass is 350 g/mol. The lowest BCUT2D eigenvalue weighted by atomic mass is 10.2. The van der Waals surface area contributed by atoms with Crippen LogP contribution in [0, 0.1) is 0 Å². The van der Waals surface area contributed by atoms with Crippen LogP contribution < -0.4 is 10.2 Å². The van der Waals surface area contributed by atoms with Crippen molar-refractivity contribution in [2.75, 3.05) is 12.9 Å². The van der Waals surface area contributed by atoms with Crippen LogP contribution in [0.4, 0.5) is 0 Å². The smallest absolute Gasteiger partial charge is 0.250 e. The predicted molar refractivity (Wildman–Crippen MR) is 92.6 cm³/mol. The fraction of sp³-hybridized carbons (Fsp3) is 0.125. The van der Waals surface area contributed by atoms with E-state index in [4.69, 9.17) is 16.3 Å². The van der Waals surface area contributed by atoms with Crippen molar-refractivity contribution >= 4 is 35.5 Å². The Morgan fingerprint density at radius 1 is 1.39 bits per heavy atom. The number of nitrogens with zero attached hydrogens (tertiary/aromatic N) is 1. The van der Waals surface area contributed by atoms with E-state index in [0.29, 0.717) is 5.56 Å². The first kappa shape index (κ1) is 17.2. The molecule has 0 saturated carbocycles. The molecule has 0 radical (unpaired) electrons. The number of aromatic hydroxyl groups is 1. The molecule has 7 heteroatoms. The van der Waals surface area contributed by atoms with Crippen molar-refractivity contribution < 1.29 is 14.6 Å². The summed E-state index contributed by atoms with van der Waals surface area (Å²) in [7, 11) is 1.43. The van der Waals surface area contributed by atoms with Crippen molar-refractivity contribution in [3.8, 4) is 11.5 Å². The lowest BCUT2D eigenvalue weighted by molar-refractivity contribution is -0.118. The molecule has 0 aliphatic rings. The molecule has 0 unspecified atom stereocenters. The molecule has 0 heterocycles. The van der Waals surface area contributed by atoms with E-state index in [2.05, 4.69) is 10.5 Å². The van der Waals surface area contributed by atoms with Crippen LogP contribution in [0.15, 0.2) is 52.5 Å². The first-order valence-electron chi connectivity index (χ1n) is 6.66. The van der Waals surface area contributed by atoms with E-state index in [1.807, 2.05) is 30.3 Å². The molecule has 2 N–H and O–H groups in total. The summed E-state index contributed by atoms with van der Waals surface area (Å²) in [6.07, 6.45) is 1.43. The molecule has 2 rings (SSSR count). The first-order valence-corrected chi connectivity index (χ1v) is 8.02. The van der Waals surface area contributed by atoms with Crippen molar-refractivity contribution in [3.05, 3.63) is 53.1 Å². The number of halogens is 1. The summed E-state index contributed by atoms with van der Waals surface area (Å²) in [5.41, 5.74) is 3.03. The Hall–Kier alpha value is -2.18. The van der Waals surface area contributed by atoms with Gasteiger partial charge in [0.15, 0.2) is 11.5 Å². The van der Waals surface area contributed by atoms with Crippen LogP contribution in [-0.2, 0) is 4.79 Å². The number of carbonyl (C=O) groups excluding carboxylic acids is 1. The third kappa shape index (κ3) is 5.19. The number of rotatable bonds is 6. The zero-order valence-electron chi connectivity index (χ0n) is 12.3. The van der Waals surface area contributed by atoms with E-state index in [1.54, 1.807) is 6.07 Å². The maximum atomic E-state index is 11.7. The molecule has 0 aliphatic carbocycles. The Balaban J connectivity index is 1.89. The summed E-state index contributed by atoms with van der Waals surface area (Å²) in [6, 6.07) is 12.7. The number of nitrogens with one attached hydrogen (secondary N) is 1. The summed E-state index contributed by atoms with van der Waals surface area (Å²) >= 11 is 7.30. The molecule has 23 heavy (non-hydrogen) atoms. The van der Waals surface area contributed by atoms with Crippen molar-refractivity contribution in [1.82, 2.24) is 5.43 Å². The Morgan fingerprint density at radius 3 is 2.83 bits per heavy atom. The lowest BCUT2D eigenvalue weighted by Crippen LogP contribution is -2.19. The van der Waals surface area contributed by atoms with Crippen LogP contribution in [0.25, 0.3) is 0 Å². The van der Waals surface area contributed by atoms with Gasteiger partial charge in [-0.1, -0.05) is 29.8 Å². The number of benzene rings is 2. The average molecular weight is 351 g/mol. The Kier molecular flexibility index (Phi) is 6.31. The topological polar surface area (TPSA) is 70.9 Å². The second kappa shape index (κ2) is 8.45. The summed E-state index contributed by atoms with van der Waals surface area (Å²) in [5.74, 6) is 0.160. The third-order valence-corrected chi connectivity index (χ3v) is 4.09. The van der Waals surface area contributed by atoms with Crippen LogP contribution in [-0.4, -0.2) is 30.1 Å². The van der Waals surface area contributed by atoms with Crippen molar-refractivity contribution in [2.24, 2.45) is 5.10 Å². The van der Waals surface area contributed by atoms with Gasteiger partial charge in [0.25, 0.3) is 0 Å². The van der Waals surface area contributed by atoms with Gasteiger partial charge in [0.1, 0.15) is 0 Å². The summed E-state index contributed by atoms with van der Waals surface area (Å²) in [4.78, 5) is 12.7. The van der Waals surface area contributed by atoms with E-state index in [-0.39, 0.29) is 28.2 Å². The first-order chi connectivity index (χ1) is 11.1. The highest BCUT2D eigenvalue weighted by Gasteiger charge is 2.08. The largest absolute Gasteiger partial charge is 0.503 e. The van der Waals surface area contributed by atoms with Gasteiger partial charge >= 0.3 is 0 Å². The fourth-order valence-electron chi connectivity index (χ4n) is 1.70. The highest BCUT2D eigenvalue weighted by molar-refractivity contribution is 8.00.